The second-order valence-electron chi connectivity index (χ2n) is 7.32. The van der Waals surface area contributed by atoms with Crippen LogP contribution in [0.2, 0.25) is 0 Å². The van der Waals surface area contributed by atoms with Crippen LogP contribution < -0.4 is 16.1 Å². The molecule has 0 bridgehead atoms. The van der Waals surface area contributed by atoms with Gasteiger partial charge in [0.15, 0.2) is 5.69 Å². The van der Waals surface area contributed by atoms with E-state index < -0.39 is 22.9 Å². The topological polar surface area (TPSA) is 116 Å². The first kappa shape index (κ1) is 22.7. The van der Waals surface area contributed by atoms with Crippen LogP contribution in [0.15, 0.2) is 62.6 Å². The van der Waals surface area contributed by atoms with Gasteiger partial charge in [0.05, 0.1) is 5.69 Å². The van der Waals surface area contributed by atoms with Gasteiger partial charge in [0.25, 0.3) is 5.56 Å². The van der Waals surface area contributed by atoms with E-state index in [1.165, 1.54) is 48.3 Å². The van der Waals surface area contributed by atoms with Crippen LogP contribution in [0.5, 0.6) is 0 Å². The summed E-state index contributed by atoms with van der Waals surface area (Å²) in [6.07, 6.45) is 0.0886. The van der Waals surface area contributed by atoms with Gasteiger partial charge in [-0.2, -0.15) is 14.8 Å². The number of halogens is 2. The van der Waals surface area contributed by atoms with Gasteiger partial charge in [0.1, 0.15) is 11.6 Å². The van der Waals surface area contributed by atoms with Crippen LogP contribution in [-0.4, -0.2) is 37.4 Å². The van der Waals surface area contributed by atoms with Crippen molar-refractivity contribution in [2.24, 2.45) is 7.05 Å². The highest BCUT2D eigenvalue weighted by atomic mass is 19.1. The first-order chi connectivity index (χ1) is 16.2. The summed E-state index contributed by atoms with van der Waals surface area (Å²) in [5.41, 5.74) is -0.979. The summed E-state index contributed by atoms with van der Waals surface area (Å²) in [6, 6.07) is 10.4. The quantitative estimate of drug-likeness (QED) is 0.424. The first-order valence-electron chi connectivity index (χ1n) is 10.1. The van der Waals surface area contributed by atoms with Crippen LogP contribution in [0.3, 0.4) is 0 Å². The highest BCUT2D eigenvalue weighted by Gasteiger charge is 2.20. The van der Waals surface area contributed by atoms with Crippen molar-refractivity contribution in [2.75, 3.05) is 11.9 Å². The Hall–Kier alpha value is -4.48. The Morgan fingerprint density at radius 2 is 1.65 bits per heavy atom. The van der Waals surface area contributed by atoms with Crippen LogP contribution in [0.1, 0.15) is 12.3 Å². The number of carbonyl (C=O) groups is 1. The van der Waals surface area contributed by atoms with E-state index in [4.69, 9.17) is 4.52 Å². The van der Waals surface area contributed by atoms with E-state index in [0.29, 0.717) is 5.69 Å². The van der Waals surface area contributed by atoms with Gasteiger partial charge < -0.3 is 9.42 Å². The smallest absolute Gasteiger partial charge is 0.339 e. The highest BCUT2D eigenvalue weighted by Crippen LogP contribution is 2.16. The number of aryl methyl sites for hydroxylation is 1. The lowest BCUT2D eigenvalue weighted by molar-refractivity contribution is -0.118. The van der Waals surface area contributed by atoms with Crippen molar-refractivity contribution >= 4 is 11.6 Å². The maximum Gasteiger partial charge on any atom is 0.351 e. The molecule has 0 aliphatic carbocycles. The number of hydrogen-bond acceptors (Lipinski definition) is 7. The molecule has 0 saturated heterocycles. The highest BCUT2D eigenvalue weighted by molar-refractivity contribution is 5.92. The molecular formula is C22H18F2N6O4. The minimum absolute atomic E-state index is 0.00995. The summed E-state index contributed by atoms with van der Waals surface area (Å²) >= 11 is 0. The van der Waals surface area contributed by atoms with Crippen molar-refractivity contribution in [3.63, 3.8) is 0 Å². The van der Waals surface area contributed by atoms with Gasteiger partial charge in [-0.3, -0.25) is 14.2 Å². The van der Waals surface area contributed by atoms with Gasteiger partial charge in [-0.25, -0.2) is 13.6 Å². The molecule has 0 unspecified atom stereocenters. The number of carbonyl (C=O) groups excluding carboxylic acids is 1. The standard InChI is InChI=1S/C22H18F2N6O4/c1-28(15-7-3-13(23)4-8-15)18(31)12-11-17-25-20(27-34-17)19-21(32)29(2)22(33)30(26-19)16-9-5-14(24)6-10-16/h3-10H,11-12H2,1-2H3. The number of nitrogens with zero attached hydrogens (tertiary/aromatic N) is 6. The Kier molecular flexibility index (Phi) is 6.13. The Morgan fingerprint density at radius 1 is 1.03 bits per heavy atom. The fourth-order valence-corrected chi connectivity index (χ4v) is 3.11. The van der Waals surface area contributed by atoms with E-state index in [-0.39, 0.29) is 41.8 Å². The third-order valence-electron chi connectivity index (χ3n) is 5.07. The predicted molar refractivity (Wildman–Crippen MR) is 116 cm³/mol. The minimum Gasteiger partial charge on any atom is -0.339 e. The molecular weight excluding hydrogens is 450 g/mol. The number of rotatable bonds is 6. The molecule has 0 aliphatic rings. The van der Waals surface area contributed by atoms with Gasteiger partial charge in [-0.15, -0.1) is 0 Å². The Morgan fingerprint density at radius 3 is 2.29 bits per heavy atom. The van der Waals surface area contributed by atoms with Gasteiger partial charge in [0, 0.05) is 32.6 Å². The zero-order valence-corrected chi connectivity index (χ0v) is 18.1. The van der Waals surface area contributed by atoms with Crippen LogP contribution >= 0.6 is 0 Å². The van der Waals surface area contributed by atoms with Crippen LogP contribution in [0, 0.1) is 11.6 Å². The van der Waals surface area contributed by atoms with Crippen molar-refractivity contribution in [1.82, 2.24) is 24.5 Å². The number of hydrogen-bond donors (Lipinski definition) is 0. The lowest BCUT2D eigenvalue weighted by Gasteiger charge is -2.16. The lowest BCUT2D eigenvalue weighted by atomic mass is 10.2. The SMILES string of the molecule is CN(C(=O)CCc1nc(-c2nn(-c3ccc(F)cc3)c(=O)n(C)c2=O)no1)c1ccc(F)cc1. The number of anilines is 1. The summed E-state index contributed by atoms with van der Waals surface area (Å²) < 4.78 is 33.2. The molecule has 0 radical (unpaired) electrons. The van der Waals surface area contributed by atoms with Crippen molar-refractivity contribution in [3.8, 4) is 17.2 Å². The lowest BCUT2D eigenvalue weighted by Crippen LogP contribution is -2.40. The third-order valence-corrected chi connectivity index (χ3v) is 5.07. The summed E-state index contributed by atoms with van der Waals surface area (Å²) in [7, 11) is 2.82. The molecule has 4 aromatic rings. The Balaban J connectivity index is 1.55. The predicted octanol–water partition coefficient (Wildman–Crippen LogP) is 1.85. The third kappa shape index (κ3) is 4.51. The molecule has 174 valence electrons. The number of aromatic nitrogens is 5. The van der Waals surface area contributed by atoms with Crippen molar-refractivity contribution in [2.45, 2.75) is 12.8 Å². The fourth-order valence-electron chi connectivity index (χ4n) is 3.11. The zero-order valence-electron chi connectivity index (χ0n) is 18.1. The van der Waals surface area contributed by atoms with Gasteiger partial charge in [-0.05, 0) is 48.5 Å². The van der Waals surface area contributed by atoms with Crippen LogP contribution in [0.25, 0.3) is 17.2 Å². The Labute approximate surface area is 190 Å². The number of amides is 1. The van der Waals surface area contributed by atoms with Crippen molar-refractivity contribution < 1.29 is 18.1 Å². The Bertz CT molecular complexity index is 1460. The van der Waals surface area contributed by atoms with E-state index in [1.807, 2.05) is 0 Å². The zero-order chi connectivity index (χ0) is 24.4. The van der Waals surface area contributed by atoms with Crippen LogP contribution in [-0.2, 0) is 18.3 Å². The minimum atomic E-state index is -0.747. The fraction of sp³-hybridized carbons (Fsp3) is 0.182. The molecule has 12 heteroatoms. The monoisotopic (exact) mass is 468 g/mol. The molecule has 0 aliphatic heterocycles. The normalized spacial score (nSPS) is 10.9. The molecule has 4 rings (SSSR count). The molecule has 2 aromatic heterocycles. The molecule has 34 heavy (non-hydrogen) atoms. The largest absolute Gasteiger partial charge is 0.351 e. The van der Waals surface area contributed by atoms with E-state index in [1.54, 1.807) is 7.05 Å². The summed E-state index contributed by atoms with van der Waals surface area (Å²) in [5, 5.41) is 7.80. The molecule has 0 spiro atoms. The second-order valence-corrected chi connectivity index (χ2v) is 7.32. The summed E-state index contributed by atoms with van der Waals surface area (Å²) in [4.78, 5) is 43.0. The van der Waals surface area contributed by atoms with Gasteiger partial charge in [-0.1, -0.05) is 5.16 Å². The molecule has 0 saturated carbocycles. The molecule has 2 aromatic carbocycles. The van der Waals surface area contributed by atoms with E-state index >= 15 is 0 Å². The van der Waals surface area contributed by atoms with E-state index in [0.717, 1.165) is 21.4 Å². The molecule has 0 atom stereocenters. The second kappa shape index (κ2) is 9.17. The van der Waals surface area contributed by atoms with Crippen LogP contribution in [0.4, 0.5) is 14.5 Å². The number of benzene rings is 2. The summed E-state index contributed by atoms with van der Waals surface area (Å²) in [5.74, 6) is -1.26. The van der Waals surface area contributed by atoms with E-state index in [9.17, 15) is 23.2 Å². The van der Waals surface area contributed by atoms with Gasteiger partial charge >= 0.3 is 5.69 Å². The molecule has 2 heterocycles. The van der Waals surface area contributed by atoms with E-state index in [2.05, 4.69) is 15.2 Å². The maximum atomic E-state index is 13.2. The summed E-state index contributed by atoms with van der Waals surface area (Å²) in [6.45, 7) is 0. The first-order valence-corrected chi connectivity index (χ1v) is 10.1. The molecule has 0 N–H and O–H groups in total. The maximum absolute atomic E-state index is 13.2. The molecule has 10 nitrogen and oxygen atoms in total. The molecule has 1 amide bonds. The average molecular weight is 468 g/mol. The van der Waals surface area contributed by atoms with Crippen molar-refractivity contribution in [1.29, 1.82) is 0 Å². The average Bonchev–Trinajstić information content (AvgIpc) is 3.31. The molecule has 0 fully saturated rings. The van der Waals surface area contributed by atoms with Crippen molar-refractivity contribution in [3.05, 3.63) is 86.9 Å². The van der Waals surface area contributed by atoms with Gasteiger partial charge in [0.2, 0.25) is 17.6 Å².